The van der Waals surface area contributed by atoms with Gasteiger partial charge in [0, 0.05) is 19.2 Å². The van der Waals surface area contributed by atoms with E-state index in [0.29, 0.717) is 18.3 Å². The minimum absolute atomic E-state index is 0.0331. The molecule has 0 bridgehead atoms. The van der Waals surface area contributed by atoms with Crippen molar-refractivity contribution in [2.45, 2.75) is 44.3 Å². The Labute approximate surface area is 181 Å². The molecule has 0 spiro atoms. The molecule has 156 valence electrons. The topological polar surface area (TPSA) is 53.7 Å². The number of anilines is 1. The Morgan fingerprint density at radius 1 is 0.968 bits per heavy atom. The molecule has 3 aliphatic rings. The number of fused-ring (bicyclic) bond motifs is 5. The minimum atomic E-state index is -0.0331. The third-order valence-corrected chi connectivity index (χ3v) is 6.72. The number of amides is 1. The molecule has 0 radical (unpaired) electrons. The van der Waals surface area contributed by atoms with Gasteiger partial charge in [-0.15, -0.1) is 0 Å². The van der Waals surface area contributed by atoms with Gasteiger partial charge in [-0.3, -0.25) is 14.6 Å². The number of carbonyl (C=O) groups is 1. The fourth-order valence-corrected chi connectivity index (χ4v) is 5.20. The maximum atomic E-state index is 13.6. The molecule has 3 aromatic rings. The van der Waals surface area contributed by atoms with E-state index in [2.05, 4.69) is 33.7 Å². The highest BCUT2D eigenvalue weighted by Gasteiger charge is 2.48. The monoisotopic (exact) mass is 411 g/mol. The molecule has 1 amide bonds. The Kier molecular flexibility index (Phi) is 4.19. The van der Waals surface area contributed by atoms with Crippen LogP contribution in [0.4, 0.5) is 5.82 Å². The van der Waals surface area contributed by atoms with Gasteiger partial charge in [0.2, 0.25) is 5.96 Å². The highest BCUT2D eigenvalue weighted by Crippen LogP contribution is 2.41. The molecule has 1 aromatic heterocycles. The second-order valence-electron chi connectivity index (χ2n) is 8.63. The molecule has 6 nitrogen and oxygen atoms in total. The lowest BCUT2D eigenvalue weighted by Gasteiger charge is -2.36. The summed E-state index contributed by atoms with van der Waals surface area (Å²) in [5.74, 6) is 2.33. The van der Waals surface area contributed by atoms with Gasteiger partial charge in [0.1, 0.15) is 5.82 Å². The first-order valence-corrected chi connectivity index (χ1v) is 11.1. The predicted molar refractivity (Wildman–Crippen MR) is 121 cm³/mol. The first kappa shape index (κ1) is 18.4. The second-order valence-corrected chi connectivity index (χ2v) is 8.63. The summed E-state index contributed by atoms with van der Waals surface area (Å²) in [4.78, 5) is 27.6. The van der Waals surface area contributed by atoms with E-state index in [0.717, 1.165) is 41.6 Å². The van der Waals surface area contributed by atoms with Crippen molar-refractivity contribution in [1.29, 1.82) is 0 Å². The number of benzene rings is 2. The summed E-state index contributed by atoms with van der Waals surface area (Å²) in [7, 11) is 1.84. The first-order chi connectivity index (χ1) is 15.2. The van der Waals surface area contributed by atoms with E-state index in [1.165, 1.54) is 12.8 Å². The molecular weight excluding hydrogens is 386 g/mol. The lowest BCUT2D eigenvalue weighted by Crippen LogP contribution is -2.52. The number of rotatable bonds is 3. The zero-order chi connectivity index (χ0) is 20.9. The van der Waals surface area contributed by atoms with Gasteiger partial charge >= 0.3 is 0 Å². The Balaban J connectivity index is 1.55. The summed E-state index contributed by atoms with van der Waals surface area (Å²) in [6, 6.07) is 21.0. The maximum Gasteiger partial charge on any atom is 0.280 e. The number of hydrogen-bond acceptors (Lipinski definition) is 4. The van der Waals surface area contributed by atoms with Gasteiger partial charge in [-0.25, -0.2) is 9.98 Å². The summed E-state index contributed by atoms with van der Waals surface area (Å²) < 4.78 is 2.09. The predicted octanol–water partition coefficient (Wildman–Crippen LogP) is 4.17. The van der Waals surface area contributed by atoms with E-state index in [-0.39, 0.29) is 11.9 Å². The number of carbonyl (C=O) groups excluding carboxylic acids is 1. The van der Waals surface area contributed by atoms with E-state index in [1.54, 1.807) is 4.90 Å². The highest BCUT2D eigenvalue weighted by molar-refractivity contribution is 6.18. The molecule has 31 heavy (non-hydrogen) atoms. The molecule has 2 aliphatic heterocycles. The molecule has 0 N–H and O–H groups in total. The van der Waals surface area contributed by atoms with E-state index in [1.807, 2.05) is 43.4 Å². The molecule has 2 aromatic carbocycles. The Bertz CT molecular complexity index is 1170. The number of imidazole rings is 1. The molecule has 3 heterocycles. The van der Waals surface area contributed by atoms with Crippen molar-refractivity contribution in [3.63, 3.8) is 0 Å². The molecule has 1 aliphatic carbocycles. The average Bonchev–Trinajstić information content (AvgIpc) is 3.38. The van der Waals surface area contributed by atoms with Crippen molar-refractivity contribution >= 4 is 17.7 Å². The molecule has 2 atom stereocenters. The zero-order valence-electron chi connectivity index (χ0n) is 17.6. The Hall–Kier alpha value is -3.41. The fraction of sp³-hybridized carbons (Fsp3) is 0.320. The molecular formula is C25H25N5O. The third kappa shape index (κ3) is 2.81. The summed E-state index contributed by atoms with van der Waals surface area (Å²) in [6.45, 7) is 0.599. The number of nitrogens with zero attached hydrogens (tertiary/aromatic N) is 5. The standard InChI is InChI=1S/C25H25N5O/c1-28-24(31)21-23(30-20-15-9-8-14-19(20)26-25(28)30)27-22(18-12-6-3-7-13-18)29(21)16-17-10-4-2-5-11-17/h2-7,10-13,19-20H,8-9,14-16H2,1H3. The van der Waals surface area contributed by atoms with Gasteiger partial charge in [0.05, 0.1) is 12.1 Å². The van der Waals surface area contributed by atoms with E-state index in [4.69, 9.17) is 9.98 Å². The molecule has 1 saturated carbocycles. The summed E-state index contributed by atoms with van der Waals surface area (Å²) in [5.41, 5.74) is 2.82. The third-order valence-electron chi connectivity index (χ3n) is 6.72. The number of hydrogen-bond donors (Lipinski definition) is 0. The summed E-state index contributed by atoms with van der Waals surface area (Å²) in [5, 5.41) is 0. The second kappa shape index (κ2) is 7.08. The van der Waals surface area contributed by atoms with Crippen LogP contribution >= 0.6 is 0 Å². The zero-order valence-corrected chi connectivity index (χ0v) is 17.6. The highest BCUT2D eigenvalue weighted by atomic mass is 16.2. The minimum Gasteiger partial charge on any atom is -0.314 e. The lowest BCUT2D eigenvalue weighted by atomic mass is 9.90. The quantitative estimate of drug-likeness (QED) is 0.650. The van der Waals surface area contributed by atoms with E-state index in [9.17, 15) is 4.79 Å². The number of aliphatic imine (C=N–C) groups is 1. The van der Waals surface area contributed by atoms with Gasteiger partial charge in [-0.1, -0.05) is 73.5 Å². The van der Waals surface area contributed by atoms with Crippen LogP contribution in [0.3, 0.4) is 0 Å². The average molecular weight is 412 g/mol. The SMILES string of the molecule is CN1C(=O)c2c(nc(-c3ccccc3)n2Cc2ccccc2)N2C1=NC1CCCCC12. The van der Waals surface area contributed by atoms with Gasteiger partial charge in [0.15, 0.2) is 11.5 Å². The van der Waals surface area contributed by atoms with Crippen LogP contribution in [0.25, 0.3) is 11.4 Å². The Morgan fingerprint density at radius 2 is 1.68 bits per heavy atom. The van der Waals surface area contributed by atoms with E-state index >= 15 is 0 Å². The van der Waals surface area contributed by atoms with Crippen LogP contribution in [0.15, 0.2) is 65.7 Å². The molecule has 1 fully saturated rings. The van der Waals surface area contributed by atoms with Gasteiger partial charge < -0.3 is 4.57 Å². The van der Waals surface area contributed by atoms with Crippen molar-refractivity contribution < 1.29 is 4.79 Å². The van der Waals surface area contributed by atoms with Crippen LogP contribution in [-0.4, -0.2) is 45.4 Å². The van der Waals surface area contributed by atoms with Crippen LogP contribution < -0.4 is 4.90 Å². The largest absolute Gasteiger partial charge is 0.314 e. The fourth-order valence-electron chi connectivity index (χ4n) is 5.20. The number of guanidine groups is 1. The van der Waals surface area contributed by atoms with Crippen molar-refractivity contribution in [1.82, 2.24) is 14.5 Å². The van der Waals surface area contributed by atoms with Crippen LogP contribution in [-0.2, 0) is 6.54 Å². The normalized spacial score (nSPS) is 22.1. The Morgan fingerprint density at radius 3 is 2.45 bits per heavy atom. The molecule has 0 saturated heterocycles. The van der Waals surface area contributed by atoms with E-state index < -0.39 is 0 Å². The van der Waals surface area contributed by atoms with Crippen molar-refractivity contribution in [2.24, 2.45) is 4.99 Å². The van der Waals surface area contributed by atoms with Crippen LogP contribution in [0.5, 0.6) is 0 Å². The van der Waals surface area contributed by atoms with Gasteiger partial charge in [-0.2, -0.15) is 0 Å². The molecule has 6 rings (SSSR count). The maximum absolute atomic E-state index is 13.6. The number of aromatic nitrogens is 2. The van der Waals surface area contributed by atoms with Crippen molar-refractivity contribution in [2.75, 3.05) is 11.9 Å². The van der Waals surface area contributed by atoms with Gasteiger partial charge in [-0.05, 0) is 18.4 Å². The molecule has 6 heteroatoms. The van der Waals surface area contributed by atoms with Crippen LogP contribution in [0.2, 0.25) is 0 Å². The summed E-state index contributed by atoms with van der Waals surface area (Å²) >= 11 is 0. The summed E-state index contributed by atoms with van der Waals surface area (Å²) in [6.07, 6.45) is 4.57. The van der Waals surface area contributed by atoms with Crippen molar-refractivity contribution in [3.8, 4) is 11.4 Å². The van der Waals surface area contributed by atoms with Crippen LogP contribution in [0.1, 0.15) is 41.7 Å². The van der Waals surface area contributed by atoms with Gasteiger partial charge in [0.25, 0.3) is 5.91 Å². The lowest BCUT2D eigenvalue weighted by molar-refractivity contribution is 0.0855. The smallest absolute Gasteiger partial charge is 0.280 e. The first-order valence-electron chi connectivity index (χ1n) is 11.1. The van der Waals surface area contributed by atoms with Crippen LogP contribution in [0, 0.1) is 0 Å². The van der Waals surface area contributed by atoms with Crippen molar-refractivity contribution in [3.05, 3.63) is 71.9 Å². The molecule has 2 unspecified atom stereocenters.